The Kier molecular flexibility index (Phi) is 7.12. The molecule has 1 aliphatic heterocycles. The summed E-state index contributed by atoms with van der Waals surface area (Å²) < 4.78 is 72.3. The van der Waals surface area contributed by atoms with Crippen LogP contribution in [-0.2, 0) is 19.6 Å². The van der Waals surface area contributed by atoms with Crippen LogP contribution in [0.25, 0.3) is 0 Å². The van der Waals surface area contributed by atoms with E-state index in [0.717, 1.165) is 27.8 Å². The lowest BCUT2D eigenvalue weighted by atomic mass is 10.00. The highest BCUT2D eigenvalue weighted by Crippen LogP contribution is 2.44. The summed E-state index contributed by atoms with van der Waals surface area (Å²) in [5.41, 5.74) is 5.67. The van der Waals surface area contributed by atoms with Crippen molar-refractivity contribution in [3.05, 3.63) is 63.8 Å². The van der Waals surface area contributed by atoms with Gasteiger partial charge in [-0.05, 0) is 55.3 Å². The van der Waals surface area contributed by atoms with Crippen molar-refractivity contribution in [1.29, 1.82) is 0 Å². The number of primary amides is 1. The second-order valence-corrected chi connectivity index (χ2v) is 10.8. The number of benzene rings is 2. The number of rotatable bonds is 7. The normalized spacial score (nSPS) is 16.4. The van der Waals surface area contributed by atoms with E-state index in [1.165, 1.54) is 38.1 Å². The van der Waals surface area contributed by atoms with Gasteiger partial charge >= 0.3 is 6.36 Å². The average molecular weight is 592 g/mol. The SMILES string of the molecule is Cc1ccc(OC(F)(F)F)cc1[C@H]1C(=O)N(c2cc(Cl)cc(Cl)c2)c2ncc(S(=O)(=O)N[C@@H](C)C(N)=O)n21. The van der Waals surface area contributed by atoms with Crippen LogP contribution < -0.4 is 20.1 Å². The Hall–Kier alpha value is -3.33. The molecule has 0 fully saturated rings. The fourth-order valence-electron chi connectivity index (χ4n) is 3.92. The molecular formula is C22H18Cl2F3N5O5S. The van der Waals surface area contributed by atoms with Crippen LogP contribution >= 0.6 is 23.2 Å². The first-order chi connectivity index (χ1) is 17.6. The summed E-state index contributed by atoms with van der Waals surface area (Å²) in [6.07, 6.45) is -4.07. The first kappa shape index (κ1) is 27.7. The van der Waals surface area contributed by atoms with E-state index in [2.05, 4.69) is 14.4 Å². The van der Waals surface area contributed by atoms with Gasteiger partial charge in [0.1, 0.15) is 11.8 Å². The first-order valence-electron chi connectivity index (χ1n) is 10.6. The Morgan fingerprint density at radius 2 is 1.82 bits per heavy atom. The number of amides is 2. The van der Waals surface area contributed by atoms with Gasteiger partial charge in [0, 0.05) is 10.0 Å². The minimum Gasteiger partial charge on any atom is -0.406 e. The van der Waals surface area contributed by atoms with Gasteiger partial charge in [-0.2, -0.15) is 4.72 Å². The van der Waals surface area contributed by atoms with Gasteiger partial charge in [0.2, 0.25) is 11.9 Å². The summed E-state index contributed by atoms with van der Waals surface area (Å²) in [6, 6.07) is 4.68. The monoisotopic (exact) mass is 591 g/mol. The van der Waals surface area contributed by atoms with E-state index in [1.54, 1.807) is 0 Å². The van der Waals surface area contributed by atoms with Crippen molar-refractivity contribution in [1.82, 2.24) is 14.3 Å². The van der Waals surface area contributed by atoms with Crippen LogP contribution in [0.15, 0.2) is 47.6 Å². The lowest BCUT2D eigenvalue weighted by Gasteiger charge is -2.20. The van der Waals surface area contributed by atoms with E-state index in [4.69, 9.17) is 28.9 Å². The van der Waals surface area contributed by atoms with Gasteiger partial charge in [0.15, 0.2) is 5.03 Å². The quantitative estimate of drug-likeness (QED) is 0.428. The Labute approximate surface area is 224 Å². The smallest absolute Gasteiger partial charge is 0.406 e. The van der Waals surface area contributed by atoms with Gasteiger partial charge < -0.3 is 10.5 Å². The standard InChI is InChI=1S/C22H18Cl2F3N5O5S/c1-10-3-4-15(37-22(25,26)27)8-16(10)18-20(34)31(14-6-12(23)5-13(24)7-14)21-29-9-17(32(18)21)38(35,36)30-11(2)19(28)33/h3-9,11,18,30H,1-2H3,(H2,28,33)/t11-,18-/m0/s1. The summed E-state index contributed by atoms with van der Waals surface area (Å²) in [7, 11) is -4.52. The Balaban J connectivity index is 1.95. The molecule has 16 heteroatoms. The molecule has 0 saturated heterocycles. The van der Waals surface area contributed by atoms with Crippen molar-refractivity contribution in [2.24, 2.45) is 5.73 Å². The van der Waals surface area contributed by atoms with Gasteiger partial charge in [-0.3, -0.25) is 14.2 Å². The van der Waals surface area contributed by atoms with Crippen LogP contribution in [0, 0.1) is 6.92 Å². The molecule has 3 N–H and O–H groups in total. The van der Waals surface area contributed by atoms with Crippen molar-refractivity contribution >= 4 is 56.7 Å². The van der Waals surface area contributed by atoms with Crippen molar-refractivity contribution < 1.29 is 35.9 Å². The van der Waals surface area contributed by atoms with E-state index in [-0.39, 0.29) is 27.2 Å². The third kappa shape index (κ3) is 5.29. The van der Waals surface area contributed by atoms with Crippen LogP contribution in [0.4, 0.5) is 24.8 Å². The minimum atomic E-state index is -5.01. The Morgan fingerprint density at radius 1 is 1.18 bits per heavy atom. The number of anilines is 2. The van der Waals surface area contributed by atoms with Crippen LogP contribution in [0.2, 0.25) is 10.0 Å². The zero-order chi connectivity index (χ0) is 28.2. The number of aromatic nitrogens is 2. The number of ether oxygens (including phenoxy) is 1. The molecule has 4 rings (SSSR count). The zero-order valence-corrected chi connectivity index (χ0v) is 21.8. The van der Waals surface area contributed by atoms with E-state index in [1.807, 2.05) is 0 Å². The summed E-state index contributed by atoms with van der Waals surface area (Å²) in [5, 5.41) is -0.233. The molecule has 0 unspecified atom stereocenters. The summed E-state index contributed by atoms with van der Waals surface area (Å²) in [6.45, 7) is 2.74. The number of alkyl halides is 3. The molecule has 2 amide bonds. The lowest BCUT2D eigenvalue weighted by Crippen LogP contribution is -2.42. The molecular weight excluding hydrogens is 574 g/mol. The summed E-state index contributed by atoms with van der Waals surface area (Å²) in [4.78, 5) is 30.5. The molecule has 10 nitrogen and oxygen atoms in total. The third-order valence-corrected chi connectivity index (χ3v) is 7.53. The first-order valence-corrected chi connectivity index (χ1v) is 12.9. The van der Waals surface area contributed by atoms with Gasteiger partial charge in [-0.1, -0.05) is 29.3 Å². The highest BCUT2D eigenvalue weighted by atomic mass is 35.5. The topological polar surface area (TPSA) is 137 Å². The molecule has 2 heterocycles. The summed E-state index contributed by atoms with van der Waals surface area (Å²) in [5.74, 6) is -2.54. The number of aryl methyl sites for hydroxylation is 1. The van der Waals surface area contributed by atoms with Crippen LogP contribution in [0.3, 0.4) is 0 Å². The maximum atomic E-state index is 13.8. The number of nitrogens with one attached hydrogen (secondary N) is 1. The maximum absolute atomic E-state index is 13.8. The fourth-order valence-corrected chi connectivity index (χ4v) is 5.77. The highest BCUT2D eigenvalue weighted by Gasteiger charge is 2.45. The highest BCUT2D eigenvalue weighted by molar-refractivity contribution is 7.89. The molecule has 0 radical (unpaired) electrons. The third-order valence-electron chi connectivity index (χ3n) is 5.57. The van der Waals surface area contributed by atoms with E-state index in [0.29, 0.717) is 5.56 Å². The Morgan fingerprint density at radius 3 is 2.39 bits per heavy atom. The molecule has 2 atom stereocenters. The lowest BCUT2D eigenvalue weighted by molar-refractivity contribution is -0.274. The number of hydrogen-bond donors (Lipinski definition) is 2. The number of hydrogen-bond acceptors (Lipinski definition) is 6. The molecule has 0 saturated carbocycles. The number of halogens is 5. The molecule has 0 spiro atoms. The predicted molar refractivity (Wildman–Crippen MR) is 131 cm³/mol. The molecule has 3 aromatic rings. The Bertz CT molecular complexity index is 1540. The molecule has 1 aromatic heterocycles. The number of carbonyl (C=O) groups excluding carboxylic acids is 2. The van der Waals surface area contributed by atoms with E-state index in [9.17, 15) is 31.2 Å². The molecule has 2 aromatic carbocycles. The van der Waals surface area contributed by atoms with Crippen molar-refractivity contribution in [3.63, 3.8) is 0 Å². The molecule has 0 bridgehead atoms. The minimum absolute atomic E-state index is 0.00558. The van der Waals surface area contributed by atoms with Gasteiger partial charge in [-0.15, -0.1) is 13.2 Å². The van der Waals surface area contributed by atoms with E-state index < -0.39 is 51.1 Å². The molecule has 38 heavy (non-hydrogen) atoms. The second-order valence-electron chi connectivity index (χ2n) is 8.28. The number of carbonyl (C=O) groups is 2. The van der Waals surface area contributed by atoms with E-state index >= 15 is 0 Å². The molecule has 202 valence electrons. The zero-order valence-electron chi connectivity index (χ0n) is 19.5. The van der Waals surface area contributed by atoms with Crippen molar-refractivity contribution in [2.45, 2.75) is 37.3 Å². The number of fused-ring (bicyclic) bond motifs is 1. The fraction of sp³-hybridized carbons (Fsp3) is 0.227. The number of sulfonamides is 1. The van der Waals surface area contributed by atoms with Gasteiger partial charge in [-0.25, -0.2) is 18.3 Å². The predicted octanol–water partition coefficient (Wildman–Crippen LogP) is 3.82. The maximum Gasteiger partial charge on any atom is 0.573 e. The average Bonchev–Trinajstić information content (AvgIpc) is 3.30. The number of nitrogens with two attached hydrogens (primary N) is 1. The van der Waals surface area contributed by atoms with Gasteiger partial charge in [0.05, 0.1) is 17.9 Å². The number of imidazole rings is 1. The molecule has 0 aliphatic carbocycles. The molecule has 1 aliphatic rings. The second kappa shape index (κ2) is 9.76. The van der Waals surface area contributed by atoms with Gasteiger partial charge in [0.25, 0.3) is 15.9 Å². The summed E-state index contributed by atoms with van der Waals surface area (Å²) >= 11 is 12.2. The van der Waals surface area contributed by atoms with Crippen LogP contribution in [0.1, 0.15) is 24.1 Å². The largest absolute Gasteiger partial charge is 0.573 e. The van der Waals surface area contributed by atoms with Crippen molar-refractivity contribution in [2.75, 3.05) is 4.90 Å². The number of nitrogens with zero attached hydrogens (tertiary/aromatic N) is 3. The van der Waals surface area contributed by atoms with Crippen molar-refractivity contribution in [3.8, 4) is 5.75 Å². The van der Waals surface area contributed by atoms with Crippen LogP contribution in [-0.4, -0.2) is 42.2 Å². The van der Waals surface area contributed by atoms with Crippen LogP contribution in [0.5, 0.6) is 5.75 Å².